The van der Waals surface area contributed by atoms with Crippen molar-refractivity contribution in [3.05, 3.63) is 23.0 Å². The Labute approximate surface area is 131 Å². The summed E-state index contributed by atoms with van der Waals surface area (Å²) in [4.78, 5) is 5.72. The molecule has 1 aliphatic heterocycles. The van der Waals surface area contributed by atoms with Crippen molar-refractivity contribution in [1.29, 1.82) is 0 Å². The molecule has 1 saturated heterocycles. The minimum atomic E-state index is 0.184. The van der Waals surface area contributed by atoms with E-state index in [-0.39, 0.29) is 11.1 Å². The molecule has 2 aromatic heterocycles. The van der Waals surface area contributed by atoms with E-state index in [9.17, 15) is 0 Å². The van der Waals surface area contributed by atoms with Crippen LogP contribution in [0, 0.1) is 6.92 Å². The Morgan fingerprint density at radius 1 is 1.33 bits per heavy atom. The summed E-state index contributed by atoms with van der Waals surface area (Å²) < 4.78 is 2.21. The molecular weight excluding hydrogens is 280 g/mol. The van der Waals surface area contributed by atoms with Crippen molar-refractivity contribution in [2.45, 2.75) is 71.1 Å². The highest BCUT2D eigenvalue weighted by atomic mass is 32.1. The van der Waals surface area contributed by atoms with Crippen molar-refractivity contribution in [1.82, 2.24) is 20.0 Å². The van der Waals surface area contributed by atoms with E-state index in [1.54, 1.807) is 11.3 Å². The molecule has 0 aliphatic carbocycles. The quantitative estimate of drug-likeness (QED) is 0.915. The number of hydrogen-bond acceptors (Lipinski definition) is 4. The molecule has 0 aromatic carbocycles. The lowest BCUT2D eigenvalue weighted by Gasteiger charge is -2.46. The molecule has 0 spiro atoms. The van der Waals surface area contributed by atoms with E-state index >= 15 is 0 Å². The van der Waals surface area contributed by atoms with Gasteiger partial charge in [0.25, 0.3) is 0 Å². The molecule has 3 heterocycles. The molecule has 0 unspecified atom stereocenters. The van der Waals surface area contributed by atoms with Crippen LogP contribution in [0.1, 0.15) is 51.9 Å². The van der Waals surface area contributed by atoms with Gasteiger partial charge in [0.2, 0.25) is 0 Å². The van der Waals surface area contributed by atoms with Crippen molar-refractivity contribution < 1.29 is 0 Å². The number of rotatable bonds is 3. The van der Waals surface area contributed by atoms with Crippen LogP contribution in [-0.2, 0) is 6.54 Å². The molecule has 4 nitrogen and oxygen atoms in total. The first-order chi connectivity index (χ1) is 9.76. The Balaban J connectivity index is 1.72. The first kappa shape index (κ1) is 15.0. The number of aromatic nitrogens is 2. The number of piperidine rings is 1. The highest BCUT2D eigenvalue weighted by Crippen LogP contribution is 2.29. The monoisotopic (exact) mass is 306 g/mol. The molecule has 0 atom stereocenters. The van der Waals surface area contributed by atoms with E-state index in [0.29, 0.717) is 6.04 Å². The molecule has 1 fully saturated rings. The number of nitrogens with zero attached hydrogens (tertiary/aromatic N) is 2. The summed E-state index contributed by atoms with van der Waals surface area (Å²) in [5.41, 5.74) is 2.80. The van der Waals surface area contributed by atoms with E-state index in [1.807, 2.05) is 0 Å². The Hall–Kier alpha value is -0.910. The van der Waals surface area contributed by atoms with E-state index in [4.69, 9.17) is 0 Å². The van der Waals surface area contributed by atoms with Gasteiger partial charge in [-0.05, 0) is 47.5 Å². The largest absolute Gasteiger partial charge is 0.308 e. The van der Waals surface area contributed by atoms with Crippen molar-refractivity contribution >= 4 is 16.3 Å². The lowest BCUT2D eigenvalue weighted by atomic mass is 9.79. The fraction of sp³-hybridized carbons (Fsp3) is 0.688. The number of nitrogens with one attached hydrogen (secondary N) is 2. The third-order valence-electron chi connectivity index (χ3n) is 4.31. The van der Waals surface area contributed by atoms with Crippen LogP contribution in [0.2, 0.25) is 0 Å². The topological polar surface area (TPSA) is 41.4 Å². The first-order valence-electron chi connectivity index (χ1n) is 7.70. The highest BCUT2D eigenvalue weighted by Gasteiger charge is 2.37. The summed E-state index contributed by atoms with van der Waals surface area (Å²) in [5.74, 6) is 0. The molecule has 3 rings (SSSR count). The van der Waals surface area contributed by atoms with Gasteiger partial charge in [-0.2, -0.15) is 0 Å². The van der Waals surface area contributed by atoms with Gasteiger partial charge in [-0.15, -0.1) is 11.3 Å². The van der Waals surface area contributed by atoms with Crippen LogP contribution in [0.15, 0.2) is 11.6 Å². The van der Waals surface area contributed by atoms with Crippen LogP contribution >= 0.6 is 11.3 Å². The van der Waals surface area contributed by atoms with Gasteiger partial charge in [0.15, 0.2) is 4.96 Å². The van der Waals surface area contributed by atoms with Gasteiger partial charge in [0.1, 0.15) is 0 Å². The third-order valence-corrected chi connectivity index (χ3v) is 5.07. The van der Waals surface area contributed by atoms with Crippen LogP contribution < -0.4 is 10.6 Å². The number of thiazole rings is 1. The zero-order valence-corrected chi connectivity index (χ0v) is 14.5. The van der Waals surface area contributed by atoms with Gasteiger partial charge in [-0.1, -0.05) is 0 Å². The number of hydrogen-bond donors (Lipinski definition) is 2. The fourth-order valence-electron chi connectivity index (χ4n) is 3.86. The third kappa shape index (κ3) is 3.15. The van der Waals surface area contributed by atoms with E-state index in [0.717, 1.165) is 30.0 Å². The van der Waals surface area contributed by atoms with Gasteiger partial charge < -0.3 is 10.6 Å². The van der Waals surface area contributed by atoms with Crippen molar-refractivity contribution in [2.75, 3.05) is 0 Å². The second kappa shape index (κ2) is 5.07. The summed E-state index contributed by atoms with van der Waals surface area (Å²) in [6, 6.07) is 0.542. The average molecular weight is 306 g/mol. The molecule has 0 bridgehead atoms. The molecule has 21 heavy (non-hydrogen) atoms. The Morgan fingerprint density at radius 3 is 2.67 bits per heavy atom. The zero-order valence-electron chi connectivity index (χ0n) is 13.7. The zero-order chi connectivity index (χ0) is 15.3. The number of fused-ring (bicyclic) bond motifs is 1. The van der Waals surface area contributed by atoms with E-state index in [2.05, 4.69) is 66.2 Å². The number of aryl methyl sites for hydroxylation is 1. The van der Waals surface area contributed by atoms with Gasteiger partial charge in [0.05, 0.1) is 11.4 Å². The van der Waals surface area contributed by atoms with E-state index < -0.39 is 0 Å². The SMILES string of the molecule is Cc1nc2sccn2c1CNC1CC(C)(C)NC(C)(C)C1. The second-order valence-corrected chi connectivity index (χ2v) is 8.45. The molecule has 0 saturated carbocycles. The van der Waals surface area contributed by atoms with Gasteiger partial charge in [0, 0.05) is 35.2 Å². The predicted octanol–water partition coefficient (Wildman–Crippen LogP) is 3.10. The molecule has 5 heteroatoms. The Bertz CT molecular complexity index is 622. The lowest BCUT2D eigenvalue weighted by molar-refractivity contribution is 0.145. The Morgan fingerprint density at radius 2 is 2.00 bits per heavy atom. The van der Waals surface area contributed by atoms with Crippen molar-refractivity contribution in [2.24, 2.45) is 0 Å². The Kier molecular flexibility index (Phi) is 3.62. The maximum absolute atomic E-state index is 4.62. The van der Waals surface area contributed by atoms with Crippen molar-refractivity contribution in [3.63, 3.8) is 0 Å². The minimum absolute atomic E-state index is 0.184. The van der Waals surface area contributed by atoms with Crippen LogP contribution in [0.5, 0.6) is 0 Å². The summed E-state index contributed by atoms with van der Waals surface area (Å²) in [6.07, 6.45) is 4.43. The van der Waals surface area contributed by atoms with E-state index in [1.165, 1.54) is 5.69 Å². The molecule has 2 aromatic rings. The minimum Gasteiger partial charge on any atom is -0.308 e. The van der Waals surface area contributed by atoms with Gasteiger partial charge >= 0.3 is 0 Å². The average Bonchev–Trinajstić information content (AvgIpc) is 2.83. The summed E-state index contributed by atoms with van der Waals surface area (Å²) in [7, 11) is 0. The van der Waals surface area contributed by atoms with Crippen LogP contribution in [0.25, 0.3) is 4.96 Å². The summed E-state index contributed by atoms with van der Waals surface area (Å²) in [6.45, 7) is 12.2. The maximum Gasteiger partial charge on any atom is 0.194 e. The smallest absolute Gasteiger partial charge is 0.194 e. The molecule has 0 amide bonds. The second-order valence-electron chi connectivity index (χ2n) is 7.58. The van der Waals surface area contributed by atoms with Gasteiger partial charge in [-0.3, -0.25) is 4.40 Å². The van der Waals surface area contributed by atoms with Crippen LogP contribution in [0.4, 0.5) is 0 Å². The standard InChI is InChI=1S/C16H26N4S/c1-11-13(20-6-7-21-14(20)18-11)10-17-12-8-15(2,3)19-16(4,5)9-12/h6-7,12,17,19H,8-10H2,1-5H3. The van der Waals surface area contributed by atoms with Gasteiger partial charge in [-0.25, -0.2) is 4.98 Å². The maximum atomic E-state index is 4.62. The normalized spacial score (nSPS) is 22.0. The molecular formula is C16H26N4S. The molecule has 116 valence electrons. The first-order valence-corrected chi connectivity index (χ1v) is 8.57. The predicted molar refractivity (Wildman–Crippen MR) is 89.0 cm³/mol. The van der Waals surface area contributed by atoms with Crippen LogP contribution in [-0.4, -0.2) is 26.5 Å². The lowest BCUT2D eigenvalue weighted by Crippen LogP contribution is -2.61. The van der Waals surface area contributed by atoms with Crippen LogP contribution in [0.3, 0.4) is 0 Å². The fourth-order valence-corrected chi connectivity index (χ4v) is 4.64. The highest BCUT2D eigenvalue weighted by molar-refractivity contribution is 7.15. The summed E-state index contributed by atoms with van der Waals surface area (Å²) in [5, 5.41) is 9.60. The molecule has 2 N–H and O–H groups in total. The molecule has 1 aliphatic rings. The number of imidazole rings is 1. The molecule has 0 radical (unpaired) electrons. The van der Waals surface area contributed by atoms with Crippen molar-refractivity contribution in [3.8, 4) is 0 Å². The summed E-state index contributed by atoms with van der Waals surface area (Å²) >= 11 is 1.70.